The molecule has 0 aliphatic rings. The van der Waals surface area contributed by atoms with E-state index < -0.39 is 0 Å². The van der Waals surface area contributed by atoms with Crippen molar-refractivity contribution in [1.29, 1.82) is 0 Å². The van der Waals surface area contributed by atoms with Gasteiger partial charge in [-0.05, 0) is 40.3 Å². The van der Waals surface area contributed by atoms with Crippen molar-refractivity contribution in [1.82, 2.24) is 10.2 Å². The Kier molecular flexibility index (Phi) is 2.02. The van der Waals surface area contributed by atoms with Gasteiger partial charge >= 0.3 is 0 Å². The van der Waals surface area contributed by atoms with E-state index in [4.69, 9.17) is 5.11 Å². The van der Waals surface area contributed by atoms with Crippen LogP contribution < -0.4 is 0 Å². The molecule has 0 atom stereocenters. The molecule has 0 saturated heterocycles. The minimum atomic E-state index is 0.0766. The second-order valence-electron chi connectivity index (χ2n) is 2.56. The summed E-state index contributed by atoms with van der Waals surface area (Å²) in [7, 11) is 0. The Morgan fingerprint density at radius 1 is 1.50 bits per heavy atom. The molecule has 0 aliphatic heterocycles. The van der Waals surface area contributed by atoms with Crippen LogP contribution in [0, 0.1) is 3.57 Å². The lowest BCUT2D eigenvalue weighted by molar-refractivity contribution is 0.281. The molecular formula is C8H7IN2O. The van der Waals surface area contributed by atoms with Crippen molar-refractivity contribution in [2.75, 3.05) is 0 Å². The molecule has 0 radical (unpaired) electrons. The van der Waals surface area contributed by atoms with Crippen LogP contribution in [0.4, 0.5) is 0 Å². The van der Waals surface area contributed by atoms with Crippen LogP contribution in [0.5, 0.6) is 0 Å². The van der Waals surface area contributed by atoms with Gasteiger partial charge < -0.3 is 5.11 Å². The van der Waals surface area contributed by atoms with E-state index in [2.05, 4.69) is 32.8 Å². The van der Waals surface area contributed by atoms with Crippen LogP contribution in [-0.4, -0.2) is 15.3 Å². The fraction of sp³-hybridized carbons (Fsp3) is 0.125. The Morgan fingerprint density at radius 2 is 2.33 bits per heavy atom. The molecule has 0 spiro atoms. The summed E-state index contributed by atoms with van der Waals surface area (Å²) in [5.41, 5.74) is 1.91. The lowest BCUT2D eigenvalue weighted by atomic mass is 10.2. The van der Waals surface area contributed by atoms with Gasteiger partial charge in [0.05, 0.1) is 18.3 Å². The normalized spacial score (nSPS) is 10.8. The van der Waals surface area contributed by atoms with Crippen molar-refractivity contribution in [3.8, 4) is 0 Å². The lowest BCUT2D eigenvalue weighted by Gasteiger charge is -1.99. The summed E-state index contributed by atoms with van der Waals surface area (Å²) in [6.07, 6.45) is 1.78. The van der Waals surface area contributed by atoms with Gasteiger partial charge in [-0.2, -0.15) is 5.10 Å². The molecule has 12 heavy (non-hydrogen) atoms. The Labute approximate surface area is 82.9 Å². The topological polar surface area (TPSA) is 48.9 Å². The van der Waals surface area contributed by atoms with E-state index in [1.165, 1.54) is 0 Å². The summed E-state index contributed by atoms with van der Waals surface area (Å²) >= 11 is 2.20. The van der Waals surface area contributed by atoms with Gasteiger partial charge in [0.25, 0.3) is 0 Å². The maximum Gasteiger partial charge on any atom is 0.0692 e. The first-order valence-corrected chi connectivity index (χ1v) is 4.61. The van der Waals surface area contributed by atoms with Crippen LogP contribution >= 0.6 is 22.6 Å². The van der Waals surface area contributed by atoms with E-state index in [1.54, 1.807) is 6.20 Å². The Morgan fingerprint density at radius 3 is 3.08 bits per heavy atom. The van der Waals surface area contributed by atoms with Gasteiger partial charge in [0.15, 0.2) is 0 Å². The van der Waals surface area contributed by atoms with Crippen LogP contribution in [0.25, 0.3) is 10.9 Å². The monoisotopic (exact) mass is 274 g/mol. The quantitative estimate of drug-likeness (QED) is 0.777. The third-order valence-corrected chi connectivity index (χ3v) is 2.78. The largest absolute Gasteiger partial charge is 0.392 e. The summed E-state index contributed by atoms with van der Waals surface area (Å²) in [6, 6.07) is 3.93. The molecule has 1 aromatic heterocycles. The molecule has 1 heterocycles. The fourth-order valence-electron chi connectivity index (χ4n) is 1.13. The summed E-state index contributed by atoms with van der Waals surface area (Å²) in [6.45, 7) is 0.0766. The number of nitrogens with one attached hydrogen (secondary N) is 1. The van der Waals surface area contributed by atoms with Gasteiger partial charge in [-0.25, -0.2) is 0 Å². The van der Waals surface area contributed by atoms with Crippen LogP contribution in [-0.2, 0) is 6.61 Å². The SMILES string of the molecule is OCc1cc2[nH]ncc2cc1I. The number of benzene rings is 1. The number of fused-ring (bicyclic) bond motifs is 1. The van der Waals surface area contributed by atoms with Crippen LogP contribution in [0.2, 0.25) is 0 Å². The van der Waals surface area contributed by atoms with Gasteiger partial charge in [0, 0.05) is 8.96 Å². The lowest BCUT2D eigenvalue weighted by Crippen LogP contribution is -1.87. The minimum absolute atomic E-state index is 0.0766. The van der Waals surface area contributed by atoms with Crippen molar-refractivity contribution in [3.05, 3.63) is 27.5 Å². The highest BCUT2D eigenvalue weighted by atomic mass is 127. The molecule has 2 rings (SSSR count). The Balaban J connectivity index is 2.73. The zero-order valence-corrected chi connectivity index (χ0v) is 8.37. The van der Waals surface area contributed by atoms with E-state index >= 15 is 0 Å². The van der Waals surface area contributed by atoms with Gasteiger partial charge in [0.2, 0.25) is 0 Å². The minimum Gasteiger partial charge on any atom is -0.392 e. The number of rotatable bonds is 1. The average molecular weight is 274 g/mol. The third kappa shape index (κ3) is 1.21. The summed E-state index contributed by atoms with van der Waals surface area (Å²) in [4.78, 5) is 0. The number of hydrogen-bond donors (Lipinski definition) is 2. The number of nitrogens with zero attached hydrogens (tertiary/aromatic N) is 1. The molecule has 0 unspecified atom stereocenters. The Bertz CT molecular complexity index is 410. The number of aliphatic hydroxyl groups excluding tert-OH is 1. The molecule has 2 aromatic rings. The van der Waals surface area contributed by atoms with Crippen molar-refractivity contribution in [3.63, 3.8) is 0 Å². The molecule has 0 saturated carbocycles. The number of aliphatic hydroxyl groups is 1. The zero-order chi connectivity index (χ0) is 8.55. The zero-order valence-electron chi connectivity index (χ0n) is 6.21. The van der Waals surface area contributed by atoms with E-state index in [9.17, 15) is 0 Å². The number of H-pyrrole nitrogens is 1. The van der Waals surface area contributed by atoms with Crippen LogP contribution in [0.15, 0.2) is 18.3 Å². The Hall–Kier alpha value is -0.620. The number of halogens is 1. The molecule has 0 amide bonds. The van der Waals surface area contributed by atoms with E-state index in [0.717, 1.165) is 20.0 Å². The molecule has 0 aliphatic carbocycles. The van der Waals surface area contributed by atoms with Crippen molar-refractivity contribution < 1.29 is 5.11 Å². The van der Waals surface area contributed by atoms with Crippen molar-refractivity contribution >= 4 is 33.5 Å². The number of aromatic amines is 1. The maximum atomic E-state index is 8.98. The molecule has 3 nitrogen and oxygen atoms in total. The highest BCUT2D eigenvalue weighted by molar-refractivity contribution is 14.1. The molecule has 0 fully saturated rings. The van der Waals surface area contributed by atoms with Gasteiger partial charge in [-0.3, -0.25) is 5.10 Å². The molecule has 62 valence electrons. The van der Waals surface area contributed by atoms with Gasteiger partial charge in [-0.1, -0.05) is 0 Å². The third-order valence-electron chi connectivity index (χ3n) is 1.78. The fourth-order valence-corrected chi connectivity index (χ4v) is 1.79. The van der Waals surface area contributed by atoms with Crippen molar-refractivity contribution in [2.24, 2.45) is 0 Å². The first-order valence-electron chi connectivity index (χ1n) is 3.53. The van der Waals surface area contributed by atoms with Crippen LogP contribution in [0.3, 0.4) is 0 Å². The van der Waals surface area contributed by atoms with Gasteiger partial charge in [-0.15, -0.1) is 0 Å². The summed E-state index contributed by atoms with van der Waals surface area (Å²) < 4.78 is 1.07. The number of hydrogen-bond acceptors (Lipinski definition) is 2. The second kappa shape index (κ2) is 3.02. The second-order valence-corrected chi connectivity index (χ2v) is 3.72. The van der Waals surface area contributed by atoms with Crippen LogP contribution in [0.1, 0.15) is 5.56 Å². The summed E-state index contributed by atoms with van der Waals surface area (Å²) in [5, 5.41) is 16.8. The predicted octanol–water partition coefficient (Wildman–Crippen LogP) is 1.66. The predicted molar refractivity (Wildman–Crippen MR) is 54.7 cm³/mol. The van der Waals surface area contributed by atoms with E-state index in [0.29, 0.717) is 0 Å². The summed E-state index contributed by atoms with van der Waals surface area (Å²) in [5.74, 6) is 0. The molecule has 1 aromatic carbocycles. The highest BCUT2D eigenvalue weighted by Gasteiger charge is 2.02. The van der Waals surface area contributed by atoms with E-state index in [-0.39, 0.29) is 6.61 Å². The maximum absolute atomic E-state index is 8.98. The molecular weight excluding hydrogens is 267 g/mol. The molecule has 4 heteroatoms. The first-order chi connectivity index (χ1) is 5.81. The number of aromatic nitrogens is 2. The molecule has 2 N–H and O–H groups in total. The standard InChI is InChI=1S/C8H7IN2O/c9-7-1-5-3-10-11-8(5)2-6(7)4-12/h1-3,12H,4H2,(H,10,11). The molecule has 0 bridgehead atoms. The smallest absolute Gasteiger partial charge is 0.0692 e. The van der Waals surface area contributed by atoms with Gasteiger partial charge in [0.1, 0.15) is 0 Å². The van der Waals surface area contributed by atoms with Crippen molar-refractivity contribution in [2.45, 2.75) is 6.61 Å². The average Bonchev–Trinajstić information content (AvgIpc) is 2.49. The first kappa shape index (κ1) is 8.00. The highest BCUT2D eigenvalue weighted by Crippen LogP contribution is 2.19. The van der Waals surface area contributed by atoms with E-state index in [1.807, 2.05) is 12.1 Å².